The van der Waals surface area contributed by atoms with Gasteiger partial charge in [-0.2, -0.15) is 0 Å². The molecule has 2 N–H and O–H groups in total. The summed E-state index contributed by atoms with van der Waals surface area (Å²) < 4.78 is 5.58. The SMILES string of the molecule is CCN(CC)CNC(=O)c1c2c(c3[nH]c4cccc(OC)c4c3c1C=O)CCC2. The van der Waals surface area contributed by atoms with E-state index in [9.17, 15) is 9.59 Å². The number of aryl methyl sites for hydroxylation is 1. The third-order valence-corrected chi connectivity index (χ3v) is 6.07. The van der Waals surface area contributed by atoms with Crippen molar-refractivity contribution in [3.8, 4) is 5.75 Å². The molecular formula is C23H27N3O3. The highest BCUT2D eigenvalue weighted by molar-refractivity contribution is 6.21. The van der Waals surface area contributed by atoms with Gasteiger partial charge < -0.3 is 15.0 Å². The molecule has 2 aromatic carbocycles. The fraction of sp³-hybridized carbons (Fsp3) is 0.391. The van der Waals surface area contributed by atoms with E-state index in [1.165, 1.54) is 0 Å². The first-order valence-electron chi connectivity index (χ1n) is 10.3. The molecule has 6 heteroatoms. The predicted octanol–water partition coefficient (Wildman–Crippen LogP) is 3.66. The van der Waals surface area contributed by atoms with E-state index >= 15 is 0 Å². The van der Waals surface area contributed by atoms with E-state index in [1.807, 2.05) is 18.2 Å². The molecule has 0 saturated carbocycles. The second kappa shape index (κ2) is 7.87. The van der Waals surface area contributed by atoms with Gasteiger partial charge in [0.25, 0.3) is 5.91 Å². The van der Waals surface area contributed by atoms with Crippen molar-refractivity contribution in [2.75, 3.05) is 26.9 Å². The second-order valence-electron chi connectivity index (χ2n) is 7.44. The summed E-state index contributed by atoms with van der Waals surface area (Å²) in [6, 6.07) is 5.79. The van der Waals surface area contributed by atoms with E-state index in [0.29, 0.717) is 23.5 Å². The first-order valence-corrected chi connectivity index (χ1v) is 10.3. The van der Waals surface area contributed by atoms with Crippen LogP contribution in [0, 0.1) is 0 Å². The van der Waals surface area contributed by atoms with Gasteiger partial charge in [0.2, 0.25) is 0 Å². The number of benzene rings is 2. The maximum absolute atomic E-state index is 13.2. The lowest BCUT2D eigenvalue weighted by Crippen LogP contribution is -2.38. The van der Waals surface area contributed by atoms with E-state index in [-0.39, 0.29) is 5.91 Å². The van der Waals surface area contributed by atoms with Crippen molar-refractivity contribution >= 4 is 34.0 Å². The van der Waals surface area contributed by atoms with Gasteiger partial charge in [0, 0.05) is 10.9 Å². The first kappa shape index (κ1) is 19.5. The summed E-state index contributed by atoms with van der Waals surface area (Å²) in [5, 5.41) is 4.68. The molecule has 1 aliphatic carbocycles. The molecule has 0 radical (unpaired) electrons. The zero-order valence-electron chi connectivity index (χ0n) is 17.2. The molecule has 0 spiro atoms. The number of carbonyl (C=O) groups is 2. The van der Waals surface area contributed by atoms with E-state index in [2.05, 4.69) is 29.0 Å². The summed E-state index contributed by atoms with van der Waals surface area (Å²) in [6.07, 6.45) is 3.52. The minimum Gasteiger partial charge on any atom is -0.496 e. The number of ether oxygens (including phenoxy) is 1. The van der Waals surface area contributed by atoms with Crippen LogP contribution in [0.25, 0.3) is 21.8 Å². The minimum absolute atomic E-state index is 0.178. The number of carbonyl (C=O) groups excluding carboxylic acids is 2. The maximum atomic E-state index is 13.2. The number of H-pyrrole nitrogens is 1. The van der Waals surface area contributed by atoms with E-state index in [0.717, 1.165) is 71.6 Å². The molecule has 29 heavy (non-hydrogen) atoms. The standard InChI is InChI=1S/C23H27N3O3/c1-4-26(5-2)13-24-23(28)19-14-8-6-9-15(14)22-20(16(19)12-27)21-17(25-22)10-7-11-18(21)29-3/h7,10-12,25H,4-6,8-9,13H2,1-3H3,(H,24,28). The highest BCUT2D eigenvalue weighted by Gasteiger charge is 2.29. The number of aldehydes is 1. The molecule has 0 saturated heterocycles. The average Bonchev–Trinajstić information content (AvgIpc) is 3.37. The van der Waals surface area contributed by atoms with Crippen molar-refractivity contribution in [1.29, 1.82) is 0 Å². The van der Waals surface area contributed by atoms with Crippen molar-refractivity contribution in [3.63, 3.8) is 0 Å². The van der Waals surface area contributed by atoms with Crippen molar-refractivity contribution in [2.45, 2.75) is 33.1 Å². The van der Waals surface area contributed by atoms with E-state index in [4.69, 9.17) is 4.74 Å². The minimum atomic E-state index is -0.178. The molecule has 0 fully saturated rings. The van der Waals surface area contributed by atoms with Crippen molar-refractivity contribution in [1.82, 2.24) is 15.2 Å². The number of fused-ring (bicyclic) bond motifs is 5. The fourth-order valence-corrected chi connectivity index (χ4v) is 4.56. The lowest BCUT2D eigenvalue weighted by Gasteiger charge is -2.20. The van der Waals surface area contributed by atoms with Gasteiger partial charge in [0.15, 0.2) is 6.29 Å². The molecular weight excluding hydrogens is 366 g/mol. The van der Waals surface area contributed by atoms with Crippen LogP contribution in [-0.4, -0.2) is 48.9 Å². The highest BCUT2D eigenvalue weighted by atomic mass is 16.5. The van der Waals surface area contributed by atoms with Crippen LogP contribution in [0.2, 0.25) is 0 Å². The Balaban J connectivity index is 1.96. The van der Waals surface area contributed by atoms with Gasteiger partial charge in [0.05, 0.1) is 35.8 Å². The quantitative estimate of drug-likeness (QED) is 0.475. The van der Waals surface area contributed by atoms with Crippen LogP contribution in [0.5, 0.6) is 5.75 Å². The number of hydrogen-bond acceptors (Lipinski definition) is 4. The largest absolute Gasteiger partial charge is 0.496 e. The Kier molecular flexibility index (Phi) is 5.28. The van der Waals surface area contributed by atoms with Gasteiger partial charge in [-0.1, -0.05) is 19.9 Å². The number of methoxy groups -OCH3 is 1. The molecule has 0 bridgehead atoms. The lowest BCUT2D eigenvalue weighted by atomic mass is 9.92. The number of amides is 1. The van der Waals surface area contributed by atoms with Crippen molar-refractivity contribution < 1.29 is 14.3 Å². The number of aromatic nitrogens is 1. The number of nitrogens with one attached hydrogen (secondary N) is 2. The van der Waals surface area contributed by atoms with Gasteiger partial charge >= 0.3 is 0 Å². The van der Waals surface area contributed by atoms with E-state index in [1.54, 1.807) is 7.11 Å². The molecule has 4 rings (SSSR count). The van der Waals surface area contributed by atoms with Gasteiger partial charge in [0.1, 0.15) is 5.75 Å². The molecule has 0 unspecified atom stereocenters. The Labute approximate surface area is 170 Å². The van der Waals surface area contributed by atoms with Gasteiger partial charge in [-0.05, 0) is 55.6 Å². The third kappa shape index (κ3) is 3.08. The van der Waals surface area contributed by atoms with Crippen LogP contribution < -0.4 is 10.1 Å². The Morgan fingerprint density at radius 1 is 1.21 bits per heavy atom. The molecule has 3 aromatic rings. The second-order valence-corrected chi connectivity index (χ2v) is 7.44. The third-order valence-electron chi connectivity index (χ3n) is 6.07. The molecule has 1 aromatic heterocycles. The van der Waals surface area contributed by atoms with Gasteiger partial charge in [-0.25, -0.2) is 0 Å². The molecule has 0 atom stereocenters. The summed E-state index contributed by atoms with van der Waals surface area (Å²) in [4.78, 5) is 31.1. The number of aromatic amines is 1. The summed E-state index contributed by atoms with van der Waals surface area (Å²) >= 11 is 0. The first-order chi connectivity index (χ1) is 14.1. The Hall–Kier alpha value is -2.86. The number of rotatable bonds is 7. The normalized spacial score (nSPS) is 13.2. The zero-order valence-corrected chi connectivity index (χ0v) is 17.2. The van der Waals surface area contributed by atoms with Crippen molar-refractivity contribution in [3.05, 3.63) is 40.5 Å². The summed E-state index contributed by atoms with van der Waals surface area (Å²) in [5.74, 6) is 0.521. The molecule has 152 valence electrons. The Morgan fingerprint density at radius 3 is 2.66 bits per heavy atom. The smallest absolute Gasteiger partial charge is 0.253 e. The van der Waals surface area contributed by atoms with Crippen LogP contribution in [0.3, 0.4) is 0 Å². The van der Waals surface area contributed by atoms with Gasteiger partial charge in [-0.15, -0.1) is 0 Å². The van der Waals surface area contributed by atoms with Crippen LogP contribution in [0.1, 0.15) is 52.1 Å². The van der Waals surface area contributed by atoms with Crippen LogP contribution in [-0.2, 0) is 12.8 Å². The Bertz CT molecular complexity index is 1100. The van der Waals surface area contributed by atoms with Crippen LogP contribution >= 0.6 is 0 Å². The molecule has 1 heterocycles. The topological polar surface area (TPSA) is 74.4 Å². The fourth-order valence-electron chi connectivity index (χ4n) is 4.56. The maximum Gasteiger partial charge on any atom is 0.253 e. The zero-order chi connectivity index (χ0) is 20.5. The summed E-state index contributed by atoms with van der Waals surface area (Å²) in [5.41, 5.74) is 5.00. The van der Waals surface area contributed by atoms with Gasteiger partial charge in [-0.3, -0.25) is 14.5 Å². The molecule has 0 aliphatic heterocycles. The molecule has 6 nitrogen and oxygen atoms in total. The average molecular weight is 393 g/mol. The predicted molar refractivity (Wildman–Crippen MR) is 115 cm³/mol. The lowest BCUT2D eigenvalue weighted by molar-refractivity contribution is 0.0920. The number of hydrogen-bond donors (Lipinski definition) is 2. The van der Waals surface area contributed by atoms with Crippen LogP contribution in [0.15, 0.2) is 18.2 Å². The molecule has 1 aliphatic rings. The Morgan fingerprint density at radius 2 is 1.97 bits per heavy atom. The summed E-state index contributed by atoms with van der Waals surface area (Å²) in [7, 11) is 1.62. The number of nitrogens with zero attached hydrogens (tertiary/aromatic N) is 1. The summed E-state index contributed by atoms with van der Waals surface area (Å²) in [6.45, 7) is 6.30. The monoisotopic (exact) mass is 393 g/mol. The molecule has 1 amide bonds. The van der Waals surface area contributed by atoms with Crippen LogP contribution in [0.4, 0.5) is 0 Å². The van der Waals surface area contributed by atoms with Crippen molar-refractivity contribution in [2.24, 2.45) is 0 Å². The highest BCUT2D eigenvalue weighted by Crippen LogP contribution is 2.41. The van der Waals surface area contributed by atoms with E-state index < -0.39 is 0 Å².